The number of carbonyl (C=O) groups is 1. The van der Waals surface area contributed by atoms with E-state index >= 15 is 0 Å². The smallest absolute Gasteiger partial charge is 0.320 e. The van der Waals surface area contributed by atoms with Crippen LogP contribution in [0, 0.1) is 0 Å². The van der Waals surface area contributed by atoms with Crippen LogP contribution >= 0.6 is 23.2 Å². The molecule has 0 radical (unpaired) electrons. The SMILES string of the molecule is CC(C)OC(=O)CNCCc1ccc(Cl)cc1Cl. The van der Waals surface area contributed by atoms with Gasteiger partial charge in [0.1, 0.15) is 0 Å². The van der Waals surface area contributed by atoms with E-state index in [0.29, 0.717) is 16.6 Å². The van der Waals surface area contributed by atoms with E-state index in [1.54, 1.807) is 12.1 Å². The summed E-state index contributed by atoms with van der Waals surface area (Å²) in [4.78, 5) is 11.2. The van der Waals surface area contributed by atoms with Crippen LogP contribution < -0.4 is 5.32 Å². The molecule has 0 heterocycles. The first-order valence-electron chi connectivity index (χ1n) is 5.83. The minimum absolute atomic E-state index is 0.0787. The largest absolute Gasteiger partial charge is 0.462 e. The lowest BCUT2D eigenvalue weighted by molar-refractivity contribution is -0.146. The Bertz CT molecular complexity index is 408. The van der Waals surface area contributed by atoms with Gasteiger partial charge in [-0.1, -0.05) is 29.3 Å². The molecule has 0 aliphatic rings. The van der Waals surface area contributed by atoms with Crippen molar-refractivity contribution in [1.82, 2.24) is 5.32 Å². The molecule has 5 heteroatoms. The van der Waals surface area contributed by atoms with Gasteiger partial charge in [-0.3, -0.25) is 4.79 Å². The van der Waals surface area contributed by atoms with Crippen molar-refractivity contribution in [3.05, 3.63) is 33.8 Å². The molecule has 1 rings (SSSR count). The summed E-state index contributed by atoms with van der Waals surface area (Å²) in [5.74, 6) is -0.243. The zero-order valence-corrected chi connectivity index (χ0v) is 12.0. The minimum atomic E-state index is -0.243. The van der Waals surface area contributed by atoms with E-state index in [1.807, 2.05) is 19.9 Å². The number of nitrogens with one attached hydrogen (secondary N) is 1. The number of halogens is 2. The molecule has 0 aliphatic carbocycles. The number of carbonyl (C=O) groups excluding carboxylic acids is 1. The number of hydrogen-bond donors (Lipinski definition) is 1. The predicted octanol–water partition coefficient (Wildman–Crippen LogP) is 3.08. The molecule has 0 saturated carbocycles. The van der Waals surface area contributed by atoms with Gasteiger partial charge < -0.3 is 10.1 Å². The molecule has 18 heavy (non-hydrogen) atoms. The molecule has 3 nitrogen and oxygen atoms in total. The molecule has 0 bridgehead atoms. The van der Waals surface area contributed by atoms with Crippen molar-refractivity contribution in [3.63, 3.8) is 0 Å². The van der Waals surface area contributed by atoms with Gasteiger partial charge in [-0.25, -0.2) is 0 Å². The first kappa shape index (κ1) is 15.3. The number of rotatable bonds is 6. The third-order valence-corrected chi connectivity index (χ3v) is 2.81. The highest BCUT2D eigenvalue weighted by atomic mass is 35.5. The van der Waals surface area contributed by atoms with Gasteiger partial charge in [0, 0.05) is 10.0 Å². The van der Waals surface area contributed by atoms with Crippen molar-refractivity contribution in [1.29, 1.82) is 0 Å². The van der Waals surface area contributed by atoms with E-state index in [1.165, 1.54) is 0 Å². The van der Waals surface area contributed by atoms with Crippen molar-refractivity contribution in [2.45, 2.75) is 26.4 Å². The van der Waals surface area contributed by atoms with E-state index in [2.05, 4.69) is 5.32 Å². The van der Waals surface area contributed by atoms with Gasteiger partial charge in [0.2, 0.25) is 0 Å². The summed E-state index contributed by atoms with van der Waals surface area (Å²) in [7, 11) is 0. The molecular weight excluding hydrogens is 273 g/mol. The van der Waals surface area contributed by atoms with Gasteiger partial charge in [0.25, 0.3) is 0 Å². The average molecular weight is 290 g/mol. The molecule has 1 aromatic rings. The molecule has 1 aromatic carbocycles. The topological polar surface area (TPSA) is 38.3 Å². The molecular formula is C13H17Cl2NO2. The van der Waals surface area contributed by atoms with E-state index in [9.17, 15) is 4.79 Å². The fraction of sp³-hybridized carbons (Fsp3) is 0.462. The van der Waals surface area contributed by atoms with E-state index < -0.39 is 0 Å². The summed E-state index contributed by atoms with van der Waals surface area (Å²) in [5, 5.41) is 4.28. The van der Waals surface area contributed by atoms with Gasteiger partial charge in [-0.15, -0.1) is 0 Å². The first-order valence-corrected chi connectivity index (χ1v) is 6.58. The standard InChI is InChI=1S/C13H17Cl2NO2/c1-9(2)18-13(17)8-16-6-5-10-3-4-11(14)7-12(10)15/h3-4,7,9,16H,5-6,8H2,1-2H3. The first-order chi connectivity index (χ1) is 8.49. The Kier molecular flexibility index (Phi) is 6.47. The molecule has 0 spiro atoms. The summed E-state index contributed by atoms with van der Waals surface area (Å²) in [6.45, 7) is 4.52. The molecule has 0 fully saturated rings. The molecule has 100 valence electrons. The monoisotopic (exact) mass is 289 g/mol. The van der Waals surface area contributed by atoms with Crippen LogP contribution in [0.2, 0.25) is 10.0 Å². The third kappa shape index (κ3) is 5.71. The fourth-order valence-corrected chi connectivity index (χ4v) is 1.95. The maximum atomic E-state index is 11.2. The van der Waals surface area contributed by atoms with E-state index in [0.717, 1.165) is 12.0 Å². The van der Waals surface area contributed by atoms with Crippen molar-refractivity contribution >= 4 is 29.2 Å². The minimum Gasteiger partial charge on any atom is -0.462 e. The highest BCUT2D eigenvalue weighted by molar-refractivity contribution is 6.35. The predicted molar refractivity (Wildman–Crippen MR) is 74.3 cm³/mol. The van der Waals surface area contributed by atoms with Crippen molar-refractivity contribution in [2.75, 3.05) is 13.1 Å². The number of esters is 1. The van der Waals surface area contributed by atoms with E-state index in [-0.39, 0.29) is 18.6 Å². The second kappa shape index (κ2) is 7.62. The highest BCUT2D eigenvalue weighted by Gasteiger charge is 2.05. The molecule has 0 saturated heterocycles. The number of hydrogen-bond acceptors (Lipinski definition) is 3. The lowest BCUT2D eigenvalue weighted by Crippen LogP contribution is -2.28. The Morgan fingerprint density at radius 2 is 2.11 bits per heavy atom. The highest BCUT2D eigenvalue weighted by Crippen LogP contribution is 2.20. The molecule has 0 aromatic heterocycles. The maximum absolute atomic E-state index is 11.2. The van der Waals surface area contributed by atoms with Crippen LogP contribution in [0.5, 0.6) is 0 Å². The van der Waals surface area contributed by atoms with Gasteiger partial charge in [0.05, 0.1) is 12.6 Å². The van der Waals surface area contributed by atoms with Crippen molar-refractivity contribution in [3.8, 4) is 0 Å². The van der Waals surface area contributed by atoms with Crippen LogP contribution in [0.4, 0.5) is 0 Å². The zero-order valence-electron chi connectivity index (χ0n) is 10.5. The van der Waals surface area contributed by atoms with Gasteiger partial charge in [-0.05, 0) is 44.5 Å². The van der Waals surface area contributed by atoms with Crippen LogP contribution in [-0.4, -0.2) is 25.2 Å². The Morgan fingerprint density at radius 3 is 2.72 bits per heavy atom. The average Bonchev–Trinajstić information content (AvgIpc) is 2.25. The molecule has 0 aliphatic heterocycles. The van der Waals surface area contributed by atoms with Crippen LogP contribution in [-0.2, 0) is 16.0 Å². The van der Waals surface area contributed by atoms with Crippen molar-refractivity contribution < 1.29 is 9.53 Å². The summed E-state index contributed by atoms with van der Waals surface area (Å²) in [5.41, 5.74) is 1.01. The van der Waals surface area contributed by atoms with Gasteiger partial charge >= 0.3 is 5.97 Å². The second-order valence-electron chi connectivity index (χ2n) is 4.20. The lowest BCUT2D eigenvalue weighted by atomic mass is 10.1. The molecule has 1 N–H and O–H groups in total. The van der Waals surface area contributed by atoms with Crippen molar-refractivity contribution in [2.24, 2.45) is 0 Å². The Morgan fingerprint density at radius 1 is 1.39 bits per heavy atom. The van der Waals surface area contributed by atoms with Crippen LogP contribution in [0.1, 0.15) is 19.4 Å². The molecule has 0 amide bonds. The molecule has 0 unspecified atom stereocenters. The van der Waals surface area contributed by atoms with Crippen LogP contribution in [0.25, 0.3) is 0 Å². The van der Waals surface area contributed by atoms with Crippen LogP contribution in [0.3, 0.4) is 0 Å². The second-order valence-corrected chi connectivity index (χ2v) is 5.04. The van der Waals surface area contributed by atoms with Crippen LogP contribution in [0.15, 0.2) is 18.2 Å². The quantitative estimate of drug-likeness (QED) is 0.646. The Labute approximate surface area is 117 Å². The summed E-state index contributed by atoms with van der Waals surface area (Å²) in [6, 6.07) is 5.40. The van der Waals surface area contributed by atoms with Gasteiger partial charge in [-0.2, -0.15) is 0 Å². The lowest BCUT2D eigenvalue weighted by Gasteiger charge is -2.09. The number of ether oxygens (including phenoxy) is 1. The Balaban J connectivity index is 2.27. The maximum Gasteiger partial charge on any atom is 0.320 e. The number of benzene rings is 1. The summed E-state index contributed by atoms with van der Waals surface area (Å²) in [6.07, 6.45) is 0.662. The normalized spacial score (nSPS) is 10.7. The van der Waals surface area contributed by atoms with E-state index in [4.69, 9.17) is 27.9 Å². The summed E-state index contributed by atoms with van der Waals surface area (Å²) < 4.78 is 5.00. The summed E-state index contributed by atoms with van der Waals surface area (Å²) >= 11 is 11.8. The Hall–Kier alpha value is -0.770. The third-order valence-electron chi connectivity index (χ3n) is 2.22. The van der Waals surface area contributed by atoms with Gasteiger partial charge in [0.15, 0.2) is 0 Å². The molecule has 0 atom stereocenters. The fourth-order valence-electron chi connectivity index (χ4n) is 1.44. The zero-order chi connectivity index (χ0) is 13.5.